The number of hydrogen-bond acceptors (Lipinski definition) is 2. The van der Waals surface area contributed by atoms with Gasteiger partial charge < -0.3 is 10.6 Å². The molecule has 0 spiro atoms. The van der Waals surface area contributed by atoms with Gasteiger partial charge in [0.2, 0.25) is 5.91 Å². The first-order chi connectivity index (χ1) is 8.07. The van der Waals surface area contributed by atoms with Gasteiger partial charge in [-0.3, -0.25) is 4.79 Å². The summed E-state index contributed by atoms with van der Waals surface area (Å²) in [4.78, 5) is 11.8. The fraction of sp³-hybridized carbons (Fsp3) is 0.929. The van der Waals surface area contributed by atoms with Crippen LogP contribution in [0.5, 0.6) is 0 Å². The van der Waals surface area contributed by atoms with Gasteiger partial charge in [-0.15, -0.1) is 12.4 Å². The van der Waals surface area contributed by atoms with Crippen LogP contribution >= 0.6 is 12.4 Å². The minimum Gasteiger partial charge on any atom is -0.354 e. The van der Waals surface area contributed by atoms with E-state index in [1.807, 2.05) is 0 Å². The second-order valence-electron chi connectivity index (χ2n) is 6.50. The Bertz CT molecular complexity index is 265. The van der Waals surface area contributed by atoms with E-state index in [4.69, 9.17) is 0 Å². The van der Waals surface area contributed by atoms with Crippen molar-refractivity contribution in [3.8, 4) is 0 Å². The molecule has 1 amide bonds. The van der Waals surface area contributed by atoms with Gasteiger partial charge in [-0.1, -0.05) is 13.8 Å². The molecule has 2 fully saturated rings. The van der Waals surface area contributed by atoms with Crippen LogP contribution in [0.25, 0.3) is 0 Å². The highest BCUT2D eigenvalue weighted by Crippen LogP contribution is 2.37. The molecule has 1 saturated heterocycles. The van der Waals surface area contributed by atoms with Gasteiger partial charge in [0.25, 0.3) is 0 Å². The quantitative estimate of drug-likeness (QED) is 0.830. The first-order valence-electron chi connectivity index (χ1n) is 7.08. The van der Waals surface area contributed by atoms with E-state index in [0.29, 0.717) is 11.3 Å². The zero-order valence-corrected chi connectivity index (χ0v) is 12.4. The van der Waals surface area contributed by atoms with Gasteiger partial charge in [-0.25, -0.2) is 0 Å². The Morgan fingerprint density at radius 3 is 2.50 bits per heavy atom. The van der Waals surface area contributed by atoms with Gasteiger partial charge in [0.05, 0.1) is 6.04 Å². The molecule has 1 atom stereocenters. The molecule has 1 heterocycles. The molecule has 18 heavy (non-hydrogen) atoms. The third-order valence-electron chi connectivity index (χ3n) is 4.40. The number of halogens is 1. The fourth-order valence-corrected chi connectivity index (χ4v) is 2.94. The molecule has 2 aliphatic rings. The number of nitrogens with one attached hydrogen (secondary N) is 2. The Hall–Kier alpha value is -0.280. The lowest BCUT2D eigenvalue weighted by Gasteiger charge is -2.34. The Morgan fingerprint density at radius 2 is 1.94 bits per heavy atom. The van der Waals surface area contributed by atoms with Crippen LogP contribution in [-0.2, 0) is 4.79 Å². The summed E-state index contributed by atoms with van der Waals surface area (Å²) in [7, 11) is 0. The summed E-state index contributed by atoms with van der Waals surface area (Å²) < 4.78 is 0. The zero-order valence-electron chi connectivity index (χ0n) is 11.6. The summed E-state index contributed by atoms with van der Waals surface area (Å²) in [5.41, 5.74) is 0.521. The summed E-state index contributed by atoms with van der Waals surface area (Å²) in [5, 5.41) is 6.37. The van der Waals surface area contributed by atoms with E-state index in [9.17, 15) is 4.79 Å². The molecule has 3 nitrogen and oxygen atoms in total. The van der Waals surface area contributed by atoms with Gasteiger partial charge in [0.15, 0.2) is 0 Å². The Labute approximate surface area is 117 Å². The molecule has 0 unspecified atom stereocenters. The van der Waals surface area contributed by atoms with Crippen LogP contribution in [0.1, 0.15) is 52.4 Å². The van der Waals surface area contributed by atoms with Crippen molar-refractivity contribution in [3.05, 3.63) is 0 Å². The summed E-state index contributed by atoms with van der Waals surface area (Å²) >= 11 is 0. The van der Waals surface area contributed by atoms with Crippen molar-refractivity contribution in [2.45, 2.75) is 58.4 Å². The first kappa shape index (κ1) is 15.8. The van der Waals surface area contributed by atoms with Crippen LogP contribution in [0.4, 0.5) is 0 Å². The van der Waals surface area contributed by atoms with Crippen molar-refractivity contribution in [1.82, 2.24) is 10.6 Å². The normalized spacial score (nSPS) is 27.6. The van der Waals surface area contributed by atoms with Gasteiger partial charge in [-0.05, 0) is 56.4 Å². The molecule has 0 aromatic rings. The molecule has 0 aromatic carbocycles. The monoisotopic (exact) mass is 274 g/mol. The van der Waals surface area contributed by atoms with E-state index < -0.39 is 0 Å². The van der Waals surface area contributed by atoms with Gasteiger partial charge in [0.1, 0.15) is 0 Å². The first-order valence-corrected chi connectivity index (χ1v) is 7.08. The van der Waals surface area contributed by atoms with Gasteiger partial charge >= 0.3 is 0 Å². The SMILES string of the molecule is CC1(C)CCC(CNC(=O)[C@@H]2CCCN2)CC1.Cl. The highest BCUT2D eigenvalue weighted by molar-refractivity contribution is 5.85. The third kappa shape index (κ3) is 4.43. The van der Waals surface area contributed by atoms with Crippen LogP contribution in [0.15, 0.2) is 0 Å². The van der Waals surface area contributed by atoms with Crippen molar-refractivity contribution >= 4 is 18.3 Å². The van der Waals surface area contributed by atoms with E-state index in [0.717, 1.165) is 25.9 Å². The summed E-state index contributed by atoms with van der Waals surface area (Å²) in [6.45, 7) is 6.58. The van der Waals surface area contributed by atoms with Crippen molar-refractivity contribution in [1.29, 1.82) is 0 Å². The summed E-state index contributed by atoms with van der Waals surface area (Å²) in [5.74, 6) is 0.917. The minimum atomic E-state index is 0. The largest absolute Gasteiger partial charge is 0.354 e. The Kier molecular flexibility index (Phi) is 5.93. The number of carbonyl (C=O) groups excluding carboxylic acids is 1. The van der Waals surface area contributed by atoms with Crippen molar-refractivity contribution in [2.24, 2.45) is 11.3 Å². The Morgan fingerprint density at radius 1 is 1.28 bits per heavy atom. The molecule has 1 aliphatic carbocycles. The van der Waals surface area contributed by atoms with Crippen LogP contribution in [0.2, 0.25) is 0 Å². The van der Waals surface area contributed by atoms with Crippen LogP contribution in [0, 0.1) is 11.3 Å². The summed E-state index contributed by atoms with van der Waals surface area (Å²) in [6, 6.07) is 0.0787. The predicted molar refractivity (Wildman–Crippen MR) is 77.0 cm³/mol. The van der Waals surface area contributed by atoms with Crippen LogP contribution < -0.4 is 10.6 Å². The smallest absolute Gasteiger partial charge is 0.237 e. The summed E-state index contributed by atoms with van der Waals surface area (Å²) in [6.07, 6.45) is 7.28. The fourth-order valence-electron chi connectivity index (χ4n) is 2.94. The lowest BCUT2D eigenvalue weighted by atomic mass is 9.73. The average Bonchev–Trinajstić information content (AvgIpc) is 2.80. The van der Waals surface area contributed by atoms with E-state index in [2.05, 4.69) is 24.5 Å². The van der Waals surface area contributed by atoms with Crippen LogP contribution in [0.3, 0.4) is 0 Å². The van der Waals surface area contributed by atoms with E-state index in [1.165, 1.54) is 25.7 Å². The molecule has 0 radical (unpaired) electrons. The molecule has 2 rings (SSSR count). The highest BCUT2D eigenvalue weighted by Gasteiger charge is 2.28. The average molecular weight is 275 g/mol. The van der Waals surface area contributed by atoms with Crippen molar-refractivity contribution in [3.63, 3.8) is 0 Å². The third-order valence-corrected chi connectivity index (χ3v) is 4.40. The molecule has 106 valence electrons. The maximum atomic E-state index is 11.8. The van der Waals surface area contributed by atoms with E-state index in [1.54, 1.807) is 0 Å². The molecule has 0 aromatic heterocycles. The number of rotatable bonds is 3. The molecule has 1 saturated carbocycles. The molecule has 0 bridgehead atoms. The number of hydrogen-bond donors (Lipinski definition) is 2. The lowest BCUT2D eigenvalue weighted by Crippen LogP contribution is -2.42. The molecule has 2 N–H and O–H groups in total. The van der Waals surface area contributed by atoms with E-state index in [-0.39, 0.29) is 24.4 Å². The van der Waals surface area contributed by atoms with E-state index >= 15 is 0 Å². The minimum absolute atomic E-state index is 0. The predicted octanol–water partition coefficient (Wildman–Crippen LogP) is 2.49. The zero-order chi connectivity index (χ0) is 12.3. The Balaban J connectivity index is 0.00000162. The van der Waals surface area contributed by atoms with Gasteiger partial charge in [-0.2, -0.15) is 0 Å². The maximum absolute atomic E-state index is 11.8. The highest BCUT2D eigenvalue weighted by atomic mass is 35.5. The topological polar surface area (TPSA) is 41.1 Å². The second-order valence-corrected chi connectivity index (χ2v) is 6.50. The standard InChI is InChI=1S/C14H26N2O.ClH/c1-14(2)7-5-11(6-8-14)10-16-13(17)12-4-3-9-15-12;/h11-12,15H,3-10H2,1-2H3,(H,16,17);1H/t12-;/m0./s1. The molecular formula is C14H27ClN2O. The van der Waals surface area contributed by atoms with Crippen molar-refractivity contribution in [2.75, 3.05) is 13.1 Å². The van der Waals surface area contributed by atoms with Gasteiger partial charge in [0, 0.05) is 6.54 Å². The molecular weight excluding hydrogens is 248 g/mol. The molecule has 4 heteroatoms. The molecule has 1 aliphatic heterocycles. The lowest BCUT2D eigenvalue weighted by molar-refractivity contribution is -0.123. The number of amides is 1. The van der Waals surface area contributed by atoms with Crippen LogP contribution in [-0.4, -0.2) is 25.0 Å². The number of carbonyl (C=O) groups is 1. The van der Waals surface area contributed by atoms with Crippen molar-refractivity contribution < 1.29 is 4.79 Å². The maximum Gasteiger partial charge on any atom is 0.237 e. The second kappa shape index (κ2) is 6.76.